The van der Waals surface area contributed by atoms with Gasteiger partial charge in [-0.15, -0.1) is 0 Å². The van der Waals surface area contributed by atoms with Crippen molar-refractivity contribution in [2.45, 2.75) is 71.8 Å². The van der Waals surface area contributed by atoms with Crippen molar-refractivity contribution in [2.24, 2.45) is 11.8 Å². The van der Waals surface area contributed by atoms with Crippen molar-refractivity contribution in [3.63, 3.8) is 0 Å². The topological polar surface area (TPSA) is 134 Å². The highest BCUT2D eigenvalue weighted by atomic mass is 16.5. The highest BCUT2D eigenvalue weighted by Gasteiger charge is 2.33. The molecule has 4 N–H and O–H groups in total. The van der Waals surface area contributed by atoms with Gasteiger partial charge in [0.25, 0.3) is 5.91 Å². The SMILES string of the molecule is CO[C@H]1C[C@H](C)CC2=C(N[C@H](C)CO)C(=O)C=C(NC(=O)/C(C)=C/C=C/[C@@H](OC)[CH]/C(C)=C\[C@H](C)[C@H]1O)C2=O. The van der Waals surface area contributed by atoms with Crippen LogP contribution in [-0.4, -0.2) is 72.9 Å². The molecule has 1 radical (unpaired) electrons. The molecule has 2 aliphatic rings. The van der Waals surface area contributed by atoms with Gasteiger partial charge in [-0.25, -0.2) is 0 Å². The summed E-state index contributed by atoms with van der Waals surface area (Å²) in [5, 5.41) is 26.2. The monoisotopic (exact) mass is 543 g/mol. The van der Waals surface area contributed by atoms with Crippen LogP contribution in [0.2, 0.25) is 0 Å². The first-order valence-electron chi connectivity index (χ1n) is 13.3. The summed E-state index contributed by atoms with van der Waals surface area (Å²) in [7, 11) is 3.11. The molecule has 9 heteroatoms. The average molecular weight is 544 g/mol. The van der Waals surface area contributed by atoms with Gasteiger partial charge in [0.1, 0.15) is 0 Å². The van der Waals surface area contributed by atoms with Gasteiger partial charge in [0.15, 0.2) is 0 Å². The van der Waals surface area contributed by atoms with E-state index in [1.807, 2.05) is 33.3 Å². The molecule has 6 atom stereocenters. The second kappa shape index (κ2) is 15.1. The molecule has 9 nitrogen and oxygen atoms in total. The zero-order valence-corrected chi connectivity index (χ0v) is 24.0. The number of carbonyl (C=O) groups is 3. The summed E-state index contributed by atoms with van der Waals surface area (Å²) < 4.78 is 11.2. The molecule has 0 aromatic carbocycles. The predicted molar refractivity (Wildman–Crippen MR) is 149 cm³/mol. The lowest BCUT2D eigenvalue weighted by molar-refractivity contribution is -0.120. The maximum absolute atomic E-state index is 13.5. The van der Waals surface area contributed by atoms with Gasteiger partial charge < -0.3 is 30.3 Å². The van der Waals surface area contributed by atoms with E-state index in [0.29, 0.717) is 12.0 Å². The Morgan fingerprint density at radius 2 is 1.85 bits per heavy atom. The third-order valence-electron chi connectivity index (χ3n) is 6.90. The quantitative estimate of drug-likeness (QED) is 0.389. The number of rotatable bonds is 5. The van der Waals surface area contributed by atoms with Gasteiger partial charge in [0.2, 0.25) is 11.6 Å². The van der Waals surface area contributed by atoms with Crippen molar-refractivity contribution in [1.29, 1.82) is 0 Å². The van der Waals surface area contributed by atoms with E-state index in [9.17, 15) is 24.6 Å². The van der Waals surface area contributed by atoms with Gasteiger partial charge in [0, 0.05) is 49.8 Å². The molecule has 39 heavy (non-hydrogen) atoms. The summed E-state index contributed by atoms with van der Waals surface area (Å²) >= 11 is 0. The van der Waals surface area contributed by atoms with Crippen LogP contribution in [-0.2, 0) is 23.9 Å². The molecule has 1 aliphatic heterocycles. The molecule has 0 unspecified atom stereocenters. The van der Waals surface area contributed by atoms with E-state index in [1.165, 1.54) is 7.11 Å². The first-order chi connectivity index (χ1) is 18.4. The minimum Gasteiger partial charge on any atom is -0.394 e. The van der Waals surface area contributed by atoms with E-state index >= 15 is 0 Å². The minimum absolute atomic E-state index is 0.107. The van der Waals surface area contributed by atoms with Gasteiger partial charge in [0.05, 0.1) is 36.3 Å². The van der Waals surface area contributed by atoms with Crippen LogP contribution < -0.4 is 10.6 Å². The van der Waals surface area contributed by atoms with Gasteiger partial charge >= 0.3 is 0 Å². The Hall–Kier alpha value is -2.85. The van der Waals surface area contributed by atoms with Crippen molar-refractivity contribution in [1.82, 2.24) is 10.6 Å². The number of hydrogen-bond acceptors (Lipinski definition) is 8. The fourth-order valence-electron chi connectivity index (χ4n) is 4.61. The van der Waals surface area contributed by atoms with E-state index in [4.69, 9.17) is 9.47 Å². The molecule has 1 heterocycles. The van der Waals surface area contributed by atoms with Crippen molar-refractivity contribution in [2.75, 3.05) is 20.8 Å². The minimum atomic E-state index is -0.815. The number of nitrogens with one attached hydrogen (secondary N) is 2. The van der Waals surface area contributed by atoms with Crippen LogP contribution in [0.15, 0.2) is 58.5 Å². The zero-order valence-electron chi connectivity index (χ0n) is 24.0. The molecule has 215 valence electrons. The van der Waals surface area contributed by atoms with Crippen LogP contribution in [0.1, 0.15) is 47.5 Å². The van der Waals surface area contributed by atoms with Crippen LogP contribution in [0.25, 0.3) is 0 Å². The van der Waals surface area contributed by atoms with Crippen molar-refractivity contribution in [3.8, 4) is 0 Å². The lowest BCUT2D eigenvalue weighted by Crippen LogP contribution is -2.39. The van der Waals surface area contributed by atoms with Crippen LogP contribution in [0.3, 0.4) is 0 Å². The van der Waals surface area contributed by atoms with Crippen LogP contribution in [0.5, 0.6) is 0 Å². The molecule has 1 aliphatic carbocycles. The Bertz CT molecular complexity index is 1070. The number of fused-ring (bicyclic) bond motifs is 2. The number of amides is 1. The summed E-state index contributed by atoms with van der Waals surface area (Å²) in [4.78, 5) is 39.5. The van der Waals surface area contributed by atoms with Crippen LogP contribution in [0, 0.1) is 18.3 Å². The number of carbonyl (C=O) groups excluding carboxylic acids is 3. The Morgan fingerprint density at radius 1 is 1.15 bits per heavy atom. The fourth-order valence-corrected chi connectivity index (χ4v) is 4.61. The summed E-state index contributed by atoms with van der Waals surface area (Å²) in [6, 6.07) is -0.463. The van der Waals surface area contributed by atoms with E-state index < -0.39 is 35.7 Å². The molecule has 1 amide bonds. The maximum Gasteiger partial charge on any atom is 0.251 e. The fraction of sp³-hybridized carbons (Fsp3) is 0.533. The highest BCUT2D eigenvalue weighted by Crippen LogP contribution is 2.28. The molecule has 0 saturated heterocycles. The Balaban J connectivity index is 2.54. The molecule has 0 fully saturated rings. The maximum atomic E-state index is 13.5. The third kappa shape index (κ3) is 9.10. The number of aliphatic hydroxyl groups excluding tert-OH is 2. The first kappa shape index (κ1) is 32.4. The summed E-state index contributed by atoms with van der Waals surface area (Å²) in [5.41, 5.74) is 1.47. The molecular weight excluding hydrogens is 500 g/mol. The van der Waals surface area contributed by atoms with E-state index in [-0.39, 0.29) is 47.9 Å². The predicted octanol–water partition coefficient (Wildman–Crippen LogP) is 2.47. The van der Waals surface area contributed by atoms with Crippen LogP contribution in [0.4, 0.5) is 0 Å². The first-order valence-corrected chi connectivity index (χ1v) is 13.3. The van der Waals surface area contributed by atoms with Gasteiger partial charge in [-0.3, -0.25) is 14.4 Å². The van der Waals surface area contributed by atoms with Crippen LogP contribution >= 0.6 is 0 Å². The average Bonchev–Trinajstić information content (AvgIpc) is 2.89. The molecule has 2 rings (SSSR count). The van der Waals surface area contributed by atoms with Crippen molar-refractivity contribution in [3.05, 3.63) is 64.9 Å². The van der Waals surface area contributed by atoms with Gasteiger partial charge in [-0.05, 0) is 39.5 Å². The number of Topliss-reactive ketones (excluding diaryl/α,β-unsaturated/α-hetero) is 1. The lowest BCUT2D eigenvalue weighted by Gasteiger charge is -2.29. The lowest BCUT2D eigenvalue weighted by atomic mass is 9.85. The third-order valence-corrected chi connectivity index (χ3v) is 6.90. The number of ether oxygens (including phenoxy) is 2. The summed E-state index contributed by atoms with van der Waals surface area (Å²) in [5.74, 6) is -1.85. The van der Waals surface area contributed by atoms with Crippen molar-refractivity contribution < 1.29 is 34.1 Å². The largest absolute Gasteiger partial charge is 0.394 e. The number of aliphatic hydroxyl groups is 2. The second-order valence-corrected chi connectivity index (χ2v) is 10.5. The summed E-state index contributed by atoms with van der Waals surface area (Å²) in [6.07, 6.45) is 8.96. The van der Waals surface area contributed by atoms with Crippen molar-refractivity contribution >= 4 is 17.5 Å². The molecule has 0 aromatic rings. The number of methoxy groups -OCH3 is 2. The number of hydrogen-bond donors (Lipinski definition) is 4. The number of allylic oxidation sites excluding steroid dienone is 4. The second-order valence-electron chi connectivity index (χ2n) is 10.5. The van der Waals surface area contributed by atoms with E-state index in [2.05, 4.69) is 10.6 Å². The van der Waals surface area contributed by atoms with E-state index in [1.54, 1.807) is 39.2 Å². The Kier molecular flexibility index (Phi) is 12.5. The van der Waals surface area contributed by atoms with Gasteiger partial charge in [-0.1, -0.05) is 43.7 Å². The molecule has 0 spiro atoms. The van der Waals surface area contributed by atoms with E-state index in [0.717, 1.165) is 11.6 Å². The normalized spacial score (nSPS) is 32.4. The molecule has 2 bridgehead atoms. The zero-order chi connectivity index (χ0) is 29.3. The highest BCUT2D eigenvalue weighted by molar-refractivity contribution is 6.23. The molecule has 0 saturated carbocycles. The molecular formula is C30H43N2O7. The number of ketones is 2. The summed E-state index contributed by atoms with van der Waals surface area (Å²) in [6.45, 7) is 8.82. The Labute approximate surface area is 231 Å². The standard InChI is InChI=1S/C30H43N2O7/c1-17-11-20(4)28(35)26(39-7)14-18(2)13-23-27(31-21(5)16-33)25(34)15-24(29(23)36)32-30(37)19(3)9-8-10-22(12-17)38-6/h8-12,15,18,20-22,26,28,31,33,35H,13-14,16H2,1-7H3,(H,32,37)/b10-8+,17-11-,19-9+/t18-,20+,21-,22-,26+,28-/m1/s1. The van der Waals surface area contributed by atoms with Gasteiger partial charge in [-0.2, -0.15) is 0 Å². The molecule has 0 aromatic heterocycles. The Morgan fingerprint density at radius 3 is 2.46 bits per heavy atom. The smallest absolute Gasteiger partial charge is 0.251 e.